The van der Waals surface area contributed by atoms with Crippen LogP contribution >= 0.6 is 0 Å². The van der Waals surface area contributed by atoms with Crippen LogP contribution in [0.25, 0.3) is 0 Å². The van der Waals surface area contributed by atoms with E-state index >= 15 is 0 Å². The number of rotatable bonds is 0. The third-order valence-electron chi connectivity index (χ3n) is 2.93. The molecule has 0 radical (unpaired) electrons. The first-order chi connectivity index (χ1) is 5.38. The summed E-state index contributed by atoms with van der Waals surface area (Å²) in [6, 6.07) is 0. The molecule has 1 nitrogen and oxygen atoms in total. The van der Waals surface area contributed by atoms with Gasteiger partial charge in [-0.2, -0.15) is 0 Å². The molecule has 0 aromatic carbocycles. The van der Waals surface area contributed by atoms with Crippen LogP contribution in [0.3, 0.4) is 0 Å². The summed E-state index contributed by atoms with van der Waals surface area (Å²) in [4.78, 5) is 11.4. The second kappa shape index (κ2) is 2.80. The molecule has 0 unspecified atom stereocenters. The number of fused-ring (bicyclic) bond motifs is 1. The first-order valence-corrected chi connectivity index (χ1v) is 4.57. The highest BCUT2D eigenvalue weighted by atomic mass is 16.1. The van der Waals surface area contributed by atoms with E-state index in [9.17, 15) is 4.79 Å². The molecule has 2 rings (SSSR count). The predicted molar refractivity (Wildman–Crippen MR) is 44.2 cm³/mol. The molecule has 0 aromatic rings. The molecule has 11 heavy (non-hydrogen) atoms. The van der Waals surface area contributed by atoms with Crippen molar-refractivity contribution >= 4 is 5.78 Å². The van der Waals surface area contributed by atoms with E-state index in [0.29, 0.717) is 17.6 Å². The van der Waals surface area contributed by atoms with Crippen LogP contribution in [0.15, 0.2) is 12.2 Å². The van der Waals surface area contributed by atoms with Gasteiger partial charge in [-0.15, -0.1) is 0 Å². The third-order valence-corrected chi connectivity index (χ3v) is 2.93. The van der Waals surface area contributed by atoms with Gasteiger partial charge in [-0.25, -0.2) is 0 Å². The van der Waals surface area contributed by atoms with Gasteiger partial charge in [-0.05, 0) is 31.6 Å². The van der Waals surface area contributed by atoms with Gasteiger partial charge < -0.3 is 0 Å². The lowest BCUT2D eigenvalue weighted by molar-refractivity contribution is -0.125. The maximum absolute atomic E-state index is 11.4. The molecule has 60 valence electrons. The fraction of sp³-hybridized carbons (Fsp3) is 0.700. The Kier molecular flexibility index (Phi) is 1.80. The summed E-state index contributed by atoms with van der Waals surface area (Å²) in [6.45, 7) is 0. The van der Waals surface area contributed by atoms with Gasteiger partial charge in [0.1, 0.15) is 5.78 Å². The molecule has 2 aliphatic rings. The van der Waals surface area contributed by atoms with Gasteiger partial charge >= 0.3 is 0 Å². The monoisotopic (exact) mass is 150 g/mol. The van der Waals surface area contributed by atoms with Crippen LogP contribution in [-0.2, 0) is 4.79 Å². The molecule has 0 bridgehead atoms. The number of carbonyl (C=O) groups is 1. The van der Waals surface area contributed by atoms with Crippen molar-refractivity contribution in [2.75, 3.05) is 0 Å². The quantitative estimate of drug-likeness (QED) is 0.484. The molecule has 0 aromatic heterocycles. The van der Waals surface area contributed by atoms with Gasteiger partial charge in [0.2, 0.25) is 0 Å². The lowest BCUT2D eigenvalue weighted by Gasteiger charge is -2.30. The average molecular weight is 150 g/mol. The predicted octanol–water partition coefficient (Wildman–Crippen LogP) is 2.32. The summed E-state index contributed by atoms with van der Waals surface area (Å²) in [6.07, 6.45) is 9.97. The number of allylic oxidation sites excluding steroid dienone is 2. The van der Waals surface area contributed by atoms with E-state index in [1.54, 1.807) is 0 Å². The minimum absolute atomic E-state index is 0.303. The number of hydrogen-bond donors (Lipinski definition) is 0. The summed E-state index contributed by atoms with van der Waals surface area (Å²) in [5, 5.41) is 0. The van der Waals surface area contributed by atoms with Crippen LogP contribution in [0.4, 0.5) is 0 Å². The molecule has 0 amide bonds. The largest absolute Gasteiger partial charge is 0.299 e. The molecule has 2 aliphatic carbocycles. The summed E-state index contributed by atoms with van der Waals surface area (Å²) >= 11 is 0. The van der Waals surface area contributed by atoms with E-state index in [0.717, 1.165) is 12.8 Å². The van der Waals surface area contributed by atoms with Crippen molar-refractivity contribution in [2.24, 2.45) is 11.8 Å². The van der Waals surface area contributed by atoms with E-state index in [1.165, 1.54) is 19.3 Å². The van der Waals surface area contributed by atoms with E-state index in [4.69, 9.17) is 0 Å². The lowest BCUT2D eigenvalue weighted by atomic mass is 9.73. The van der Waals surface area contributed by atoms with Gasteiger partial charge in [0.05, 0.1) is 0 Å². The second-order valence-electron chi connectivity index (χ2n) is 3.65. The van der Waals surface area contributed by atoms with Crippen LogP contribution in [0, 0.1) is 11.8 Å². The van der Waals surface area contributed by atoms with Gasteiger partial charge in [0.25, 0.3) is 0 Å². The van der Waals surface area contributed by atoms with Crippen molar-refractivity contribution in [1.82, 2.24) is 0 Å². The zero-order valence-electron chi connectivity index (χ0n) is 6.75. The minimum Gasteiger partial charge on any atom is -0.299 e. The smallest absolute Gasteiger partial charge is 0.139 e. The number of Topliss-reactive ketones (excluding diaryl/α,β-unsaturated/α-hetero) is 1. The van der Waals surface area contributed by atoms with Gasteiger partial charge in [0.15, 0.2) is 0 Å². The number of ketones is 1. The molecule has 0 saturated heterocycles. The molecular formula is C10H14O. The molecule has 0 heterocycles. The highest BCUT2D eigenvalue weighted by Crippen LogP contribution is 2.34. The maximum Gasteiger partial charge on any atom is 0.139 e. The molecule has 1 heteroatoms. The summed E-state index contributed by atoms with van der Waals surface area (Å²) in [5.74, 6) is 1.48. The van der Waals surface area contributed by atoms with Crippen LogP contribution in [0.2, 0.25) is 0 Å². The fourth-order valence-corrected chi connectivity index (χ4v) is 2.29. The molecule has 0 spiro atoms. The SMILES string of the molecule is O=C1CCC[C@H]2CCC=C[C@H]12. The van der Waals surface area contributed by atoms with E-state index in [-0.39, 0.29) is 0 Å². The number of hydrogen-bond acceptors (Lipinski definition) is 1. The zero-order valence-corrected chi connectivity index (χ0v) is 6.75. The van der Waals surface area contributed by atoms with Gasteiger partial charge in [0, 0.05) is 12.3 Å². The maximum atomic E-state index is 11.4. The van der Waals surface area contributed by atoms with E-state index < -0.39 is 0 Å². The molecule has 2 atom stereocenters. The Morgan fingerprint density at radius 1 is 1.36 bits per heavy atom. The van der Waals surface area contributed by atoms with Crippen molar-refractivity contribution in [3.63, 3.8) is 0 Å². The third kappa shape index (κ3) is 1.24. The Morgan fingerprint density at radius 3 is 3.09 bits per heavy atom. The van der Waals surface area contributed by atoms with E-state index in [2.05, 4.69) is 12.2 Å². The van der Waals surface area contributed by atoms with Gasteiger partial charge in [-0.1, -0.05) is 12.2 Å². The Hall–Kier alpha value is -0.590. The Bertz CT molecular complexity index is 193. The van der Waals surface area contributed by atoms with E-state index in [1.807, 2.05) is 0 Å². The highest BCUT2D eigenvalue weighted by Gasteiger charge is 2.30. The zero-order chi connectivity index (χ0) is 7.68. The second-order valence-corrected chi connectivity index (χ2v) is 3.65. The van der Waals surface area contributed by atoms with Gasteiger partial charge in [-0.3, -0.25) is 4.79 Å². The lowest BCUT2D eigenvalue weighted by Crippen LogP contribution is -2.28. The summed E-state index contributed by atoms with van der Waals surface area (Å²) < 4.78 is 0. The first-order valence-electron chi connectivity index (χ1n) is 4.57. The van der Waals surface area contributed by atoms with Crippen molar-refractivity contribution in [1.29, 1.82) is 0 Å². The summed E-state index contributed by atoms with van der Waals surface area (Å²) in [5.41, 5.74) is 0. The Balaban J connectivity index is 2.16. The van der Waals surface area contributed by atoms with Crippen LogP contribution in [0.1, 0.15) is 32.1 Å². The topological polar surface area (TPSA) is 17.1 Å². The van der Waals surface area contributed by atoms with Crippen LogP contribution < -0.4 is 0 Å². The summed E-state index contributed by atoms with van der Waals surface area (Å²) in [7, 11) is 0. The first kappa shape index (κ1) is 7.08. The molecule has 0 aliphatic heterocycles. The number of carbonyl (C=O) groups excluding carboxylic acids is 1. The molecule has 0 N–H and O–H groups in total. The highest BCUT2D eigenvalue weighted by molar-refractivity contribution is 5.83. The molecule has 1 saturated carbocycles. The van der Waals surface area contributed by atoms with Crippen molar-refractivity contribution in [2.45, 2.75) is 32.1 Å². The Morgan fingerprint density at radius 2 is 2.27 bits per heavy atom. The van der Waals surface area contributed by atoms with Crippen molar-refractivity contribution in [3.05, 3.63) is 12.2 Å². The van der Waals surface area contributed by atoms with Crippen molar-refractivity contribution in [3.8, 4) is 0 Å². The van der Waals surface area contributed by atoms with Crippen LogP contribution in [0.5, 0.6) is 0 Å². The standard InChI is InChI=1S/C10H14O/c11-10-7-3-5-8-4-1-2-6-9(8)10/h2,6,8-9H,1,3-5,7H2/t8-,9+/m1/s1. The molecular weight excluding hydrogens is 136 g/mol. The minimum atomic E-state index is 0.303. The van der Waals surface area contributed by atoms with Crippen molar-refractivity contribution < 1.29 is 4.79 Å². The fourth-order valence-electron chi connectivity index (χ4n) is 2.29. The molecule has 1 fully saturated rings. The normalized spacial score (nSPS) is 36.9. The average Bonchev–Trinajstić information content (AvgIpc) is 2.06. The Labute approximate surface area is 67.5 Å². The van der Waals surface area contributed by atoms with Crippen LogP contribution in [-0.4, -0.2) is 5.78 Å².